The van der Waals surface area contributed by atoms with Gasteiger partial charge in [0.1, 0.15) is 28.8 Å². The van der Waals surface area contributed by atoms with Gasteiger partial charge in [-0.25, -0.2) is 13.8 Å². The van der Waals surface area contributed by atoms with Crippen LogP contribution in [0.4, 0.5) is 13.8 Å². The standard InChI is InChI=1S/C30H35F2N5OS.C3H8.C2H6/c1-5-8-17-9-10-37(13-17)30-35-12-19-20-14-38-15-21(20)24(26(32)27(19)36-30)23(16(4)6-2)25-18(11-33)29(34)39-28(25)22(31)7-3;1-3-2;1-2/h7,12,17,27H,5-6,8-10,13-15,34H2,1-4H3,(H,35,36);3H2,1-2H3;1-2H3/b22-7+,23-16+;;. The normalized spacial score (nSPS) is 21.6. The lowest BCUT2D eigenvalue weighted by Crippen LogP contribution is -2.42. The Balaban J connectivity index is 0.000000997. The summed E-state index contributed by atoms with van der Waals surface area (Å²) in [6.07, 6.45) is 8.45. The zero-order valence-corrected chi connectivity index (χ0v) is 28.5. The van der Waals surface area contributed by atoms with Gasteiger partial charge in [-0.3, -0.25) is 0 Å². The van der Waals surface area contributed by atoms with E-state index in [0.717, 1.165) is 59.6 Å². The van der Waals surface area contributed by atoms with E-state index in [1.54, 1.807) is 6.92 Å². The van der Waals surface area contributed by atoms with E-state index in [-0.39, 0.29) is 22.0 Å². The molecule has 2 unspecified atom stereocenters. The average Bonchev–Trinajstić information content (AvgIpc) is 3.79. The smallest absolute Gasteiger partial charge is 0.199 e. The molecule has 5 rings (SSSR count). The van der Waals surface area contributed by atoms with Gasteiger partial charge in [0.25, 0.3) is 0 Å². The Morgan fingerprint density at radius 2 is 1.93 bits per heavy atom. The molecule has 2 atom stereocenters. The number of nitrogen functional groups attached to an aromatic ring is 1. The van der Waals surface area contributed by atoms with Crippen molar-refractivity contribution < 1.29 is 13.5 Å². The summed E-state index contributed by atoms with van der Waals surface area (Å²) in [6, 6.07) is 1.33. The number of likely N-dealkylation sites (tertiary alicyclic amines) is 1. The summed E-state index contributed by atoms with van der Waals surface area (Å²) in [4.78, 5) is 7.35. The van der Waals surface area contributed by atoms with Crippen LogP contribution in [0.1, 0.15) is 103 Å². The number of nitrogens with zero attached hydrogens (tertiary/aromatic N) is 3. The van der Waals surface area contributed by atoms with E-state index in [1.165, 1.54) is 18.9 Å². The van der Waals surface area contributed by atoms with Crippen LogP contribution in [0, 0.1) is 17.2 Å². The maximum Gasteiger partial charge on any atom is 0.199 e. The third-order valence-electron chi connectivity index (χ3n) is 8.15. The van der Waals surface area contributed by atoms with Gasteiger partial charge in [-0.1, -0.05) is 66.0 Å². The molecule has 240 valence electrons. The monoisotopic (exact) mass is 625 g/mol. The number of halogens is 2. The fourth-order valence-corrected chi connectivity index (χ4v) is 7.02. The molecular formula is C35H49F2N5OS. The summed E-state index contributed by atoms with van der Waals surface area (Å²) < 4.78 is 37.9. The van der Waals surface area contributed by atoms with Crippen LogP contribution in [-0.2, 0) is 4.74 Å². The Morgan fingerprint density at radius 3 is 2.55 bits per heavy atom. The van der Waals surface area contributed by atoms with E-state index in [1.807, 2.05) is 33.9 Å². The minimum absolute atomic E-state index is 0.172. The lowest BCUT2D eigenvalue weighted by molar-refractivity contribution is 0.206. The van der Waals surface area contributed by atoms with E-state index >= 15 is 8.78 Å². The molecule has 3 aliphatic heterocycles. The van der Waals surface area contributed by atoms with Crippen molar-refractivity contribution in [2.45, 2.75) is 93.5 Å². The van der Waals surface area contributed by atoms with E-state index in [2.05, 4.69) is 37.1 Å². The highest BCUT2D eigenvalue weighted by molar-refractivity contribution is 7.17. The number of ether oxygens (including phenoxy) is 1. The van der Waals surface area contributed by atoms with Crippen LogP contribution in [0.5, 0.6) is 0 Å². The predicted octanol–water partition coefficient (Wildman–Crippen LogP) is 9.06. The van der Waals surface area contributed by atoms with Crippen LogP contribution in [-0.4, -0.2) is 43.2 Å². The fourth-order valence-electron chi connectivity index (χ4n) is 6.02. The molecule has 1 aromatic rings. The third-order valence-corrected chi connectivity index (χ3v) is 9.17. The number of hydrogen-bond donors (Lipinski definition) is 2. The molecule has 1 aromatic heterocycles. The van der Waals surface area contributed by atoms with E-state index < -0.39 is 17.7 Å². The third kappa shape index (κ3) is 6.87. The lowest BCUT2D eigenvalue weighted by atomic mass is 9.78. The first kappa shape index (κ1) is 35.3. The molecule has 3 N–H and O–H groups in total. The van der Waals surface area contributed by atoms with Gasteiger partial charge in [0.2, 0.25) is 0 Å². The number of nitrogens with two attached hydrogens (primary N) is 1. The van der Waals surface area contributed by atoms with Gasteiger partial charge in [0.15, 0.2) is 5.96 Å². The first-order chi connectivity index (χ1) is 21.3. The quantitative estimate of drug-likeness (QED) is 0.329. The number of anilines is 1. The van der Waals surface area contributed by atoms with Gasteiger partial charge in [-0.05, 0) is 55.7 Å². The minimum atomic E-state index is -0.835. The minimum Gasteiger partial charge on any atom is -0.389 e. The molecule has 4 aliphatic rings. The van der Waals surface area contributed by atoms with Gasteiger partial charge in [-0.2, -0.15) is 5.26 Å². The SMILES string of the molecule is C/C=C(/F)c1sc(N)c(C#N)c1/C(C1=C(F)C2N=C(N3CCC(CCC)C3)NC=C2C2=C1COC2)=C(\C)CC.CC.CCC. The number of guanidine groups is 1. The number of nitrogens with one attached hydrogen (secondary N) is 1. The molecule has 0 aromatic carbocycles. The summed E-state index contributed by atoms with van der Waals surface area (Å²) in [6.45, 7) is 18.3. The number of thiophene rings is 1. The van der Waals surface area contributed by atoms with Crippen molar-refractivity contribution in [1.29, 1.82) is 5.26 Å². The molecule has 1 saturated heterocycles. The van der Waals surface area contributed by atoms with Gasteiger partial charge in [0, 0.05) is 36.0 Å². The zero-order valence-electron chi connectivity index (χ0n) is 27.7. The number of fused-ring (bicyclic) bond motifs is 2. The average molecular weight is 626 g/mol. The highest BCUT2D eigenvalue weighted by Gasteiger charge is 2.41. The van der Waals surface area contributed by atoms with Crippen molar-refractivity contribution in [2.75, 3.05) is 32.0 Å². The highest BCUT2D eigenvalue weighted by atomic mass is 32.1. The largest absolute Gasteiger partial charge is 0.389 e. The Bertz CT molecular complexity index is 1440. The molecule has 6 nitrogen and oxygen atoms in total. The van der Waals surface area contributed by atoms with Crippen LogP contribution < -0.4 is 11.1 Å². The van der Waals surface area contributed by atoms with Crippen LogP contribution in [0.2, 0.25) is 0 Å². The summed E-state index contributed by atoms with van der Waals surface area (Å²) in [7, 11) is 0. The second-order valence-electron chi connectivity index (χ2n) is 11.2. The van der Waals surface area contributed by atoms with Crippen LogP contribution in [0.15, 0.2) is 51.0 Å². The van der Waals surface area contributed by atoms with Crippen molar-refractivity contribution in [1.82, 2.24) is 10.2 Å². The number of rotatable bonds is 6. The predicted molar refractivity (Wildman–Crippen MR) is 181 cm³/mol. The first-order valence-electron chi connectivity index (χ1n) is 16.1. The number of nitriles is 1. The number of aliphatic imine (C=N–C) groups is 1. The molecule has 9 heteroatoms. The molecule has 1 fully saturated rings. The Kier molecular flexibility index (Phi) is 13.0. The van der Waals surface area contributed by atoms with E-state index in [4.69, 9.17) is 15.5 Å². The van der Waals surface area contributed by atoms with E-state index in [0.29, 0.717) is 41.6 Å². The van der Waals surface area contributed by atoms with Crippen LogP contribution in [0.25, 0.3) is 11.4 Å². The van der Waals surface area contributed by atoms with Crippen molar-refractivity contribution in [2.24, 2.45) is 10.9 Å². The van der Waals surface area contributed by atoms with Crippen molar-refractivity contribution >= 4 is 33.7 Å². The second kappa shape index (κ2) is 16.2. The topological polar surface area (TPSA) is 86.7 Å². The molecular weight excluding hydrogens is 576 g/mol. The number of hydrogen-bond acceptors (Lipinski definition) is 7. The van der Waals surface area contributed by atoms with Gasteiger partial charge in [0.05, 0.1) is 23.7 Å². The zero-order chi connectivity index (χ0) is 32.6. The van der Waals surface area contributed by atoms with Crippen molar-refractivity contribution in [3.8, 4) is 6.07 Å². The molecule has 0 amide bonds. The lowest BCUT2D eigenvalue weighted by Gasteiger charge is -2.33. The van der Waals surface area contributed by atoms with Crippen molar-refractivity contribution in [3.63, 3.8) is 0 Å². The highest BCUT2D eigenvalue weighted by Crippen LogP contribution is 2.51. The van der Waals surface area contributed by atoms with Gasteiger partial charge >= 0.3 is 0 Å². The second-order valence-corrected chi connectivity index (χ2v) is 12.2. The number of allylic oxidation sites excluding steroid dienone is 3. The molecule has 0 spiro atoms. The van der Waals surface area contributed by atoms with Crippen molar-refractivity contribution in [3.05, 3.63) is 62.0 Å². The molecule has 0 saturated carbocycles. The Labute approximate surface area is 266 Å². The van der Waals surface area contributed by atoms with E-state index in [9.17, 15) is 5.26 Å². The maximum absolute atomic E-state index is 16.9. The van der Waals surface area contributed by atoms with Crippen LogP contribution >= 0.6 is 11.3 Å². The maximum atomic E-state index is 16.9. The van der Waals surface area contributed by atoms with Crippen LogP contribution in [0.3, 0.4) is 0 Å². The molecule has 4 heterocycles. The summed E-state index contributed by atoms with van der Waals surface area (Å²) in [5.41, 5.74) is 10.8. The summed E-state index contributed by atoms with van der Waals surface area (Å²) in [5, 5.41) is 13.6. The Hall–Kier alpha value is -3.22. The summed E-state index contributed by atoms with van der Waals surface area (Å²) in [5.74, 6) is 0.393. The molecule has 0 radical (unpaired) electrons. The molecule has 44 heavy (non-hydrogen) atoms. The summed E-state index contributed by atoms with van der Waals surface area (Å²) >= 11 is 1.02. The molecule has 0 bridgehead atoms. The first-order valence-corrected chi connectivity index (χ1v) is 16.9. The fraction of sp³-hybridized carbons (Fsp3) is 0.543. The Morgan fingerprint density at radius 1 is 1.25 bits per heavy atom. The van der Waals surface area contributed by atoms with Gasteiger partial charge < -0.3 is 20.7 Å². The molecule has 1 aliphatic carbocycles. The van der Waals surface area contributed by atoms with Gasteiger partial charge in [-0.15, -0.1) is 11.3 Å².